The van der Waals surface area contributed by atoms with Gasteiger partial charge in [0, 0.05) is 23.7 Å². The molecule has 6 heteroatoms. The number of pyridine rings is 1. The molecule has 31 heavy (non-hydrogen) atoms. The highest BCUT2D eigenvalue weighted by molar-refractivity contribution is 5.94. The number of nitrogens with one attached hydrogen (secondary N) is 1. The number of amides is 1. The maximum Gasteiger partial charge on any atom is 0.306 e. The Labute approximate surface area is 182 Å². The van der Waals surface area contributed by atoms with Crippen molar-refractivity contribution in [1.82, 2.24) is 10.3 Å². The van der Waals surface area contributed by atoms with Gasteiger partial charge in [-0.05, 0) is 55.3 Å². The summed E-state index contributed by atoms with van der Waals surface area (Å²) >= 11 is 0. The Balaban J connectivity index is 1.39. The number of esters is 1. The fourth-order valence-electron chi connectivity index (χ4n) is 2.99. The minimum absolute atomic E-state index is 0.148. The molecule has 0 fully saturated rings. The quantitative estimate of drug-likeness (QED) is 0.397. The number of hydrogen-bond acceptors (Lipinski definition) is 5. The molecule has 0 aliphatic carbocycles. The van der Waals surface area contributed by atoms with E-state index in [-0.39, 0.29) is 11.9 Å². The van der Waals surface area contributed by atoms with E-state index in [0.29, 0.717) is 43.9 Å². The van der Waals surface area contributed by atoms with Gasteiger partial charge in [0.25, 0.3) is 5.91 Å². The Morgan fingerprint density at radius 2 is 1.74 bits per heavy atom. The fourth-order valence-corrected chi connectivity index (χ4v) is 2.99. The number of hydrogen-bond donors (Lipinski definition) is 1. The monoisotopic (exact) mass is 418 g/mol. The van der Waals surface area contributed by atoms with Crippen molar-refractivity contribution in [2.24, 2.45) is 0 Å². The maximum atomic E-state index is 12.3. The number of ether oxygens (including phenoxy) is 2. The summed E-state index contributed by atoms with van der Waals surface area (Å²) in [5, 5.41) is 2.85. The van der Waals surface area contributed by atoms with Crippen LogP contribution in [0.4, 0.5) is 0 Å². The van der Waals surface area contributed by atoms with Crippen molar-refractivity contribution < 1.29 is 19.1 Å². The van der Waals surface area contributed by atoms with Crippen LogP contribution < -0.4 is 10.1 Å². The number of carbonyl (C=O) groups excluding carboxylic acids is 2. The molecule has 1 aromatic heterocycles. The first-order valence-corrected chi connectivity index (χ1v) is 10.3. The van der Waals surface area contributed by atoms with E-state index in [1.54, 1.807) is 25.3 Å². The lowest BCUT2D eigenvalue weighted by Crippen LogP contribution is -2.28. The molecule has 1 heterocycles. The van der Waals surface area contributed by atoms with Crippen molar-refractivity contribution in [1.29, 1.82) is 0 Å². The molecule has 6 nitrogen and oxygen atoms in total. The summed E-state index contributed by atoms with van der Waals surface area (Å²) in [5.74, 6) is 0.379. The summed E-state index contributed by atoms with van der Waals surface area (Å²) in [4.78, 5) is 28.0. The zero-order chi connectivity index (χ0) is 21.9. The lowest BCUT2D eigenvalue weighted by molar-refractivity contribution is -0.143. The van der Waals surface area contributed by atoms with E-state index in [4.69, 9.17) is 9.47 Å². The summed E-state index contributed by atoms with van der Waals surface area (Å²) in [5.41, 5.74) is 3.47. The van der Waals surface area contributed by atoms with Crippen molar-refractivity contribution in [3.05, 3.63) is 84.1 Å². The van der Waals surface area contributed by atoms with Crippen molar-refractivity contribution in [3.63, 3.8) is 0 Å². The molecule has 2 aromatic carbocycles. The number of nitrogens with zero attached hydrogens (tertiary/aromatic N) is 1. The Hall–Kier alpha value is -3.67. The van der Waals surface area contributed by atoms with Gasteiger partial charge in [0.15, 0.2) is 0 Å². The second kappa shape index (κ2) is 11.5. The Bertz CT molecular complexity index is 971. The third kappa shape index (κ3) is 6.96. The molecule has 0 radical (unpaired) electrons. The lowest BCUT2D eigenvalue weighted by Gasteiger charge is -2.09. The van der Waals surface area contributed by atoms with Crippen LogP contribution in [0.25, 0.3) is 11.3 Å². The highest BCUT2D eigenvalue weighted by atomic mass is 16.5. The summed E-state index contributed by atoms with van der Waals surface area (Å²) in [6, 6.07) is 20.6. The molecule has 0 saturated carbocycles. The minimum Gasteiger partial charge on any atom is -0.492 e. The largest absolute Gasteiger partial charge is 0.492 e. The van der Waals surface area contributed by atoms with Crippen LogP contribution in [0.15, 0.2) is 72.9 Å². The average Bonchev–Trinajstić information content (AvgIpc) is 2.82. The van der Waals surface area contributed by atoms with Gasteiger partial charge in [-0.15, -0.1) is 0 Å². The highest BCUT2D eigenvalue weighted by Gasteiger charge is 2.06. The van der Waals surface area contributed by atoms with E-state index >= 15 is 0 Å². The summed E-state index contributed by atoms with van der Waals surface area (Å²) in [6.07, 6.45) is 2.74. The van der Waals surface area contributed by atoms with Gasteiger partial charge < -0.3 is 14.8 Å². The van der Waals surface area contributed by atoms with Crippen molar-refractivity contribution in [2.45, 2.75) is 19.8 Å². The molecule has 1 N–H and O–H groups in total. The van der Waals surface area contributed by atoms with Gasteiger partial charge in [-0.1, -0.05) is 30.3 Å². The predicted octanol–water partition coefficient (Wildman–Crippen LogP) is 4.05. The van der Waals surface area contributed by atoms with Gasteiger partial charge in [0.2, 0.25) is 0 Å². The number of carbonyl (C=O) groups is 2. The molecule has 0 spiro atoms. The summed E-state index contributed by atoms with van der Waals surface area (Å²) < 4.78 is 10.6. The van der Waals surface area contributed by atoms with E-state index < -0.39 is 0 Å². The van der Waals surface area contributed by atoms with Crippen LogP contribution in [0, 0.1) is 0 Å². The van der Waals surface area contributed by atoms with Crippen LogP contribution in [-0.2, 0) is 16.0 Å². The van der Waals surface area contributed by atoms with Gasteiger partial charge >= 0.3 is 5.97 Å². The zero-order valence-corrected chi connectivity index (χ0v) is 17.5. The molecule has 0 aliphatic rings. The van der Waals surface area contributed by atoms with Gasteiger partial charge in [-0.3, -0.25) is 14.6 Å². The molecule has 3 rings (SSSR count). The third-order valence-electron chi connectivity index (χ3n) is 4.61. The van der Waals surface area contributed by atoms with E-state index in [0.717, 1.165) is 16.8 Å². The van der Waals surface area contributed by atoms with Crippen LogP contribution in [0.2, 0.25) is 0 Å². The maximum absolute atomic E-state index is 12.3. The molecular weight excluding hydrogens is 392 g/mol. The third-order valence-corrected chi connectivity index (χ3v) is 4.61. The van der Waals surface area contributed by atoms with Crippen LogP contribution in [0.1, 0.15) is 29.3 Å². The summed E-state index contributed by atoms with van der Waals surface area (Å²) in [6.45, 7) is 2.95. The highest BCUT2D eigenvalue weighted by Crippen LogP contribution is 2.17. The molecule has 1 amide bonds. The molecule has 0 unspecified atom stereocenters. The Kier molecular flexibility index (Phi) is 8.17. The molecule has 0 saturated heterocycles. The van der Waals surface area contributed by atoms with Gasteiger partial charge in [-0.25, -0.2) is 0 Å². The molecule has 3 aromatic rings. The summed E-state index contributed by atoms with van der Waals surface area (Å²) in [7, 11) is 0. The fraction of sp³-hybridized carbons (Fsp3) is 0.240. The average molecular weight is 418 g/mol. The standard InChI is InChI=1S/C25H26N2O4/c1-2-30-24(28)15-8-19-6-13-22(14-7-19)31-18-17-27-25(29)21-11-9-20(10-12-21)23-5-3-4-16-26-23/h3-7,9-14,16H,2,8,15,17-18H2,1H3,(H,27,29). The molecule has 160 valence electrons. The van der Waals surface area contributed by atoms with Crippen LogP contribution >= 0.6 is 0 Å². The van der Waals surface area contributed by atoms with E-state index in [2.05, 4.69) is 10.3 Å². The van der Waals surface area contributed by atoms with Crippen LogP contribution in [-0.4, -0.2) is 36.6 Å². The molecule has 0 atom stereocenters. The number of aryl methyl sites for hydroxylation is 1. The second-order valence-corrected chi connectivity index (χ2v) is 6.85. The topological polar surface area (TPSA) is 77.5 Å². The predicted molar refractivity (Wildman–Crippen MR) is 119 cm³/mol. The van der Waals surface area contributed by atoms with Crippen molar-refractivity contribution in [3.8, 4) is 17.0 Å². The minimum atomic E-state index is -0.190. The van der Waals surface area contributed by atoms with E-state index in [1.807, 2.05) is 54.6 Å². The van der Waals surface area contributed by atoms with Crippen LogP contribution in [0.5, 0.6) is 5.75 Å². The van der Waals surface area contributed by atoms with Gasteiger partial charge in [0.05, 0.1) is 18.8 Å². The number of rotatable bonds is 10. The molecular formula is C25H26N2O4. The lowest BCUT2D eigenvalue weighted by atomic mass is 10.1. The first kappa shape index (κ1) is 22.0. The molecule has 0 bridgehead atoms. The smallest absolute Gasteiger partial charge is 0.306 e. The Morgan fingerprint density at radius 1 is 0.968 bits per heavy atom. The van der Waals surface area contributed by atoms with Crippen molar-refractivity contribution >= 4 is 11.9 Å². The number of aromatic nitrogens is 1. The normalized spacial score (nSPS) is 10.4. The Morgan fingerprint density at radius 3 is 2.42 bits per heavy atom. The van der Waals surface area contributed by atoms with Gasteiger partial charge in [0.1, 0.15) is 12.4 Å². The van der Waals surface area contributed by atoms with E-state index in [1.165, 1.54) is 0 Å². The number of benzene rings is 2. The second-order valence-electron chi connectivity index (χ2n) is 6.85. The molecule has 0 aliphatic heterocycles. The SMILES string of the molecule is CCOC(=O)CCc1ccc(OCCNC(=O)c2ccc(-c3ccccn3)cc2)cc1. The van der Waals surface area contributed by atoms with E-state index in [9.17, 15) is 9.59 Å². The van der Waals surface area contributed by atoms with Gasteiger partial charge in [-0.2, -0.15) is 0 Å². The first-order chi connectivity index (χ1) is 15.2. The first-order valence-electron chi connectivity index (χ1n) is 10.3. The zero-order valence-electron chi connectivity index (χ0n) is 17.5. The van der Waals surface area contributed by atoms with Crippen molar-refractivity contribution in [2.75, 3.05) is 19.8 Å². The van der Waals surface area contributed by atoms with Crippen LogP contribution in [0.3, 0.4) is 0 Å².